The van der Waals surface area contributed by atoms with Crippen molar-refractivity contribution in [3.63, 3.8) is 0 Å². The molecule has 2 atom stereocenters. The van der Waals surface area contributed by atoms with Crippen LogP contribution >= 0.6 is 11.6 Å². The number of ether oxygens (including phenoxy) is 1. The molecule has 2 aromatic carbocycles. The lowest BCUT2D eigenvalue weighted by Gasteiger charge is -2.07. The van der Waals surface area contributed by atoms with E-state index in [9.17, 15) is 4.79 Å². The molecule has 2 aromatic rings. The molecule has 0 saturated heterocycles. The van der Waals surface area contributed by atoms with Gasteiger partial charge in [-0.25, -0.2) is 0 Å². The Labute approximate surface area is 141 Å². The van der Waals surface area contributed by atoms with E-state index in [1.54, 1.807) is 7.11 Å². The summed E-state index contributed by atoms with van der Waals surface area (Å²) >= 11 is 6.20. The first kappa shape index (κ1) is 15.9. The van der Waals surface area contributed by atoms with E-state index in [0.717, 1.165) is 34.7 Å². The van der Waals surface area contributed by atoms with Crippen LogP contribution in [0.5, 0.6) is 5.75 Å². The van der Waals surface area contributed by atoms with Crippen molar-refractivity contribution < 1.29 is 9.53 Å². The Morgan fingerprint density at radius 1 is 1.26 bits per heavy atom. The molecule has 0 spiro atoms. The van der Waals surface area contributed by atoms with Crippen LogP contribution in [0.4, 0.5) is 0 Å². The first-order valence-electron chi connectivity index (χ1n) is 7.84. The minimum Gasteiger partial charge on any atom is -0.497 e. The normalized spacial score (nSPS) is 19.2. The highest BCUT2D eigenvalue weighted by Crippen LogP contribution is 2.49. The SMILES string of the molecule is COc1cccc(CCNC(=O)C2CC2c2ccccc2Cl)c1. The summed E-state index contributed by atoms with van der Waals surface area (Å²) < 4.78 is 5.20. The Hall–Kier alpha value is -2.00. The summed E-state index contributed by atoms with van der Waals surface area (Å²) in [7, 11) is 1.66. The van der Waals surface area contributed by atoms with Crippen LogP contribution in [-0.4, -0.2) is 19.6 Å². The maximum absolute atomic E-state index is 12.2. The van der Waals surface area contributed by atoms with Crippen molar-refractivity contribution in [3.05, 3.63) is 64.7 Å². The van der Waals surface area contributed by atoms with Crippen LogP contribution in [-0.2, 0) is 11.2 Å². The summed E-state index contributed by atoms with van der Waals surface area (Å²) in [5, 5.41) is 3.78. The zero-order valence-corrected chi connectivity index (χ0v) is 13.8. The van der Waals surface area contributed by atoms with Gasteiger partial charge >= 0.3 is 0 Å². The van der Waals surface area contributed by atoms with E-state index in [-0.39, 0.29) is 17.7 Å². The van der Waals surface area contributed by atoms with Crippen molar-refractivity contribution in [1.82, 2.24) is 5.32 Å². The van der Waals surface area contributed by atoms with Gasteiger partial charge in [0.25, 0.3) is 0 Å². The summed E-state index contributed by atoms with van der Waals surface area (Å²) in [6.45, 7) is 0.637. The topological polar surface area (TPSA) is 38.3 Å². The quantitative estimate of drug-likeness (QED) is 0.875. The van der Waals surface area contributed by atoms with Crippen LogP contribution in [0, 0.1) is 5.92 Å². The van der Waals surface area contributed by atoms with Crippen LogP contribution in [0.1, 0.15) is 23.5 Å². The van der Waals surface area contributed by atoms with Gasteiger partial charge in [-0.15, -0.1) is 0 Å². The molecule has 23 heavy (non-hydrogen) atoms. The van der Waals surface area contributed by atoms with Gasteiger partial charge in [0, 0.05) is 17.5 Å². The Kier molecular flexibility index (Phi) is 4.87. The molecule has 0 heterocycles. The molecule has 1 N–H and O–H groups in total. The zero-order valence-electron chi connectivity index (χ0n) is 13.1. The van der Waals surface area contributed by atoms with Gasteiger partial charge in [-0.05, 0) is 48.1 Å². The molecule has 4 heteroatoms. The number of carbonyl (C=O) groups excluding carboxylic acids is 1. The van der Waals surface area contributed by atoms with Crippen molar-refractivity contribution in [1.29, 1.82) is 0 Å². The molecular weight excluding hydrogens is 310 g/mol. The highest BCUT2D eigenvalue weighted by molar-refractivity contribution is 6.31. The Bertz CT molecular complexity index is 701. The lowest BCUT2D eigenvalue weighted by molar-refractivity contribution is -0.122. The van der Waals surface area contributed by atoms with Crippen LogP contribution in [0.2, 0.25) is 5.02 Å². The van der Waals surface area contributed by atoms with E-state index in [1.165, 1.54) is 0 Å². The molecule has 2 unspecified atom stereocenters. The molecule has 0 bridgehead atoms. The van der Waals surface area contributed by atoms with Gasteiger partial charge in [0.05, 0.1) is 7.11 Å². The number of rotatable bonds is 6. The molecule has 120 valence electrons. The average Bonchev–Trinajstić information content (AvgIpc) is 3.36. The molecule has 1 amide bonds. The second-order valence-corrected chi connectivity index (χ2v) is 6.27. The van der Waals surface area contributed by atoms with E-state index in [2.05, 4.69) is 5.32 Å². The number of nitrogens with one attached hydrogen (secondary N) is 1. The van der Waals surface area contributed by atoms with Gasteiger partial charge in [-0.3, -0.25) is 4.79 Å². The number of benzene rings is 2. The molecule has 1 fully saturated rings. The van der Waals surface area contributed by atoms with E-state index in [1.807, 2.05) is 48.5 Å². The minimum atomic E-state index is 0.0557. The second kappa shape index (κ2) is 7.05. The molecule has 0 aromatic heterocycles. The van der Waals surface area contributed by atoms with Crippen molar-refractivity contribution >= 4 is 17.5 Å². The lowest BCUT2D eigenvalue weighted by Crippen LogP contribution is -2.27. The van der Waals surface area contributed by atoms with E-state index < -0.39 is 0 Å². The third-order valence-corrected chi connectivity index (χ3v) is 4.62. The molecule has 0 radical (unpaired) electrons. The predicted octanol–water partition coefficient (Wildman–Crippen LogP) is 3.81. The average molecular weight is 330 g/mol. The summed E-state index contributed by atoms with van der Waals surface area (Å²) in [6, 6.07) is 15.7. The van der Waals surface area contributed by atoms with Crippen molar-refractivity contribution in [3.8, 4) is 5.75 Å². The maximum Gasteiger partial charge on any atom is 0.223 e. The van der Waals surface area contributed by atoms with Gasteiger partial charge in [0.15, 0.2) is 0 Å². The second-order valence-electron chi connectivity index (χ2n) is 5.86. The van der Waals surface area contributed by atoms with E-state index in [4.69, 9.17) is 16.3 Å². The van der Waals surface area contributed by atoms with Gasteiger partial charge in [-0.2, -0.15) is 0 Å². The third-order valence-electron chi connectivity index (χ3n) is 4.28. The Balaban J connectivity index is 1.48. The number of methoxy groups -OCH3 is 1. The molecule has 1 aliphatic carbocycles. The maximum atomic E-state index is 12.2. The van der Waals surface area contributed by atoms with Gasteiger partial charge in [0.1, 0.15) is 5.75 Å². The smallest absolute Gasteiger partial charge is 0.223 e. The van der Waals surface area contributed by atoms with Crippen molar-refractivity contribution in [2.24, 2.45) is 5.92 Å². The third kappa shape index (κ3) is 3.85. The van der Waals surface area contributed by atoms with Crippen LogP contribution < -0.4 is 10.1 Å². The lowest BCUT2D eigenvalue weighted by atomic mass is 10.1. The van der Waals surface area contributed by atoms with Gasteiger partial charge < -0.3 is 10.1 Å². The Morgan fingerprint density at radius 3 is 2.87 bits per heavy atom. The van der Waals surface area contributed by atoms with Gasteiger partial charge in [0.2, 0.25) is 5.91 Å². The number of amides is 1. The summed E-state index contributed by atoms with van der Waals surface area (Å²) in [5.41, 5.74) is 2.24. The van der Waals surface area contributed by atoms with E-state index >= 15 is 0 Å². The highest BCUT2D eigenvalue weighted by atomic mass is 35.5. The van der Waals surface area contributed by atoms with Crippen LogP contribution in [0.3, 0.4) is 0 Å². The highest BCUT2D eigenvalue weighted by Gasteiger charge is 2.44. The largest absolute Gasteiger partial charge is 0.497 e. The number of hydrogen-bond donors (Lipinski definition) is 1. The first-order chi connectivity index (χ1) is 11.2. The molecule has 3 nitrogen and oxygen atoms in total. The molecule has 0 aliphatic heterocycles. The van der Waals surface area contributed by atoms with Crippen molar-refractivity contribution in [2.75, 3.05) is 13.7 Å². The van der Waals surface area contributed by atoms with Crippen LogP contribution in [0.25, 0.3) is 0 Å². The standard InChI is InChI=1S/C19H20ClNO2/c1-23-14-6-4-5-13(11-14)9-10-21-19(22)17-12-16(17)15-7-2-3-8-18(15)20/h2-8,11,16-17H,9-10,12H2,1H3,(H,21,22). The fourth-order valence-electron chi connectivity index (χ4n) is 2.89. The number of carbonyl (C=O) groups is 1. The Morgan fingerprint density at radius 2 is 2.09 bits per heavy atom. The van der Waals surface area contributed by atoms with Crippen LogP contribution in [0.15, 0.2) is 48.5 Å². The fourth-order valence-corrected chi connectivity index (χ4v) is 3.17. The molecule has 1 aliphatic rings. The van der Waals surface area contributed by atoms with E-state index in [0.29, 0.717) is 6.54 Å². The van der Waals surface area contributed by atoms with Crippen molar-refractivity contribution in [2.45, 2.75) is 18.8 Å². The molecular formula is C19H20ClNO2. The number of halogens is 1. The number of hydrogen-bond acceptors (Lipinski definition) is 2. The zero-order chi connectivity index (χ0) is 16.2. The minimum absolute atomic E-state index is 0.0557. The summed E-state index contributed by atoms with van der Waals surface area (Å²) in [6.07, 6.45) is 1.68. The molecule has 3 rings (SSSR count). The summed E-state index contributed by atoms with van der Waals surface area (Å²) in [4.78, 5) is 12.2. The summed E-state index contributed by atoms with van der Waals surface area (Å²) in [5.74, 6) is 1.29. The first-order valence-corrected chi connectivity index (χ1v) is 8.22. The predicted molar refractivity (Wildman–Crippen MR) is 92.0 cm³/mol. The van der Waals surface area contributed by atoms with Gasteiger partial charge in [-0.1, -0.05) is 41.9 Å². The fraction of sp³-hybridized carbons (Fsp3) is 0.316. The monoisotopic (exact) mass is 329 g/mol. The molecule has 1 saturated carbocycles.